The molecule has 0 saturated carbocycles. The third kappa shape index (κ3) is 2.86. The van der Waals surface area contributed by atoms with E-state index in [4.69, 9.17) is 0 Å². The van der Waals surface area contributed by atoms with Crippen molar-refractivity contribution in [2.24, 2.45) is 18.9 Å². The summed E-state index contributed by atoms with van der Waals surface area (Å²) < 4.78 is 2.27. The van der Waals surface area contributed by atoms with Gasteiger partial charge in [-0.05, 0) is 43.0 Å². The van der Waals surface area contributed by atoms with E-state index in [2.05, 4.69) is 68.7 Å². The quantitative estimate of drug-likeness (QED) is 0.766. The molecule has 1 saturated heterocycles. The molecule has 4 rings (SSSR count). The average Bonchev–Trinajstić information content (AvgIpc) is 2.98. The second-order valence-electron chi connectivity index (χ2n) is 9.30. The first-order valence-corrected chi connectivity index (χ1v) is 10.7. The predicted molar refractivity (Wildman–Crippen MR) is 112 cm³/mol. The zero-order chi connectivity index (χ0) is 19.3. The van der Waals surface area contributed by atoms with Gasteiger partial charge in [0, 0.05) is 54.5 Å². The van der Waals surface area contributed by atoms with Crippen LogP contribution in [0, 0.1) is 11.8 Å². The molecule has 2 aromatic rings. The van der Waals surface area contributed by atoms with Crippen LogP contribution < -0.4 is 0 Å². The van der Waals surface area contributed by atoms with Gasteiger partial charge in [0.1, 0.15) is 5.78 Å². The molecule has 3 heteroatoms. The Bertz CT molecular complexity index is 863. The molecule has 3 nitrogen and oxygen atoms in total. The molecule has 1 fully saturated rings. The number of carbonyl (C=O) groups is 1. The smallest absolute Gasteiger partial charge is 0.137 e. The Balaban J connectivity index is 1.71. The van der Waals surface area contributed by atoms with Crippen LogP contribution in [0.2, 0.25) is 0 Å². The number of hydrogen-bond acceptors (Lipinski definition) is 2. The van der Waals surface area contributed by atoms with Crippen LogP contribution in [0.15, 0.2) is 24.4 Å². The van der Waals surface area contributed by atoms with E-state index in [1.165, 1.54) is 22.0 Å². The highest BCUT2D eigenvalue weighted by atomic mass is 16.1. The minimum absolute atomic E-state index is 0.0507. The summed E-state index contributed by atoms with van der Waals surface area (Å²) in [6.45, 7) is 7.75. The van der Waals surface area contributed by atoms with Crippen molar-refractivity contribution in [1.29, 1.82) is 0 Å². The number of Topliss-reactive ketones (excluding diaryl/α,β-unsaturated/α-hetero) is 1. The number of hydrogen-bond donors (Lipinski definition) is 0. The molecule has 3 atom stereocenters. The molecule has 0 radical (unpaired) electrons. The van der Waals surface area contributed by atoms with Crippen LogP contribution in [0.25, 0.3) is 10.9 Å². The van der Waals surface area contributed by atoms with Gasteiger partial charge in [-0.2, -0.15) is 0 Å². The third-order valence-corrected chi connectivity index (χ3v) is 7.67. The largest absolute Gasteiger partial charge is 0.350 e. The molecular weight excluding hydrogens is 332 g/mol. The monoisotopic (exact) mass is 366 g/mol. The van der Waals surface area contributed by atoms with Gasteiger partial charge in [0.05, 0.1) is 0 Å². The van der Waals surface area contributed by atoms with Crippen LogP contribution in [0.1, 0.15) is 57.6 Å². The maximum atomic E-state index is 13.1. The number of piperidine rings is 1. The Morgan fingerprint density at radius 1 is 1.26 bits per heavy atom. The molecular formula is C24H34N2O. The van der Waals surface area contributed by atoms with Crippen molar-refractivity contribution >= 4 is 16.7 Å². The topological polar surface area (TPSA) is 25.2 Å². The van der Waals surface area contributed by atoms with Crippen LogP contribution >= 0.6 is 0 Å². The van der Waals surface area contributed by atoms with E-state index < -0.39 is 0 Å². The minimum Gasteiger partial charge on any atom is -0.350 e. The molecule has 3 unspecified atom stereocenters. The summed E-state index contributed by atoms with van der Waals surface area (Å²) in [5.74, 6) is 1.20. The van der Waals surface area contributed by atoms with Gasteiger partial charge in [-0.15, -0.1) is 0 Å². The maximum Gasteiger partial charge on any atom is 0.137 e. The van der Waals surface area contributed by atoms with Crippen molar-refractivity contribution in [2.45, 2.75) is 64.3 Å². The van der Waals surface area contributed by atoms with Crippen molar-refractivity contribution in [3.8, 4) is 0 Å². The number of likely N-dealkylation sites (tertiary alicyclic amines) is 1. The normalized spacial score (nSPS) is 27.9. The first-order chi connectivity index (χ1) is 12.9. The Labute approximate surface area is 163 Å². The third-order valence-electron chi connectivity index (χ3n) is 7.67. The van der Waals surface area contributed by atoms with Crippen molar-refractivity contribution < 1.29 is 4.79 Å². The zero-order valence-electron chi connectivity index (χ0n) is 17.6. The van der Waals surface area contributed by atoms with Gasteiger partial charge < -0.3 is 9.47 Å². The van der Waals surface area contributed by atoms with Crippen molar-refractivity contribution in [1.82, 2.24) is 9.47 Å². The molecule has 1 aromatic heterocycles. The Kier molecular flexibility index (Phi) is 4.70. The lowest BCUT2D eigenvalue weighted by molar-refractivity contribution is -0.127. The lowest BCUT2D eigenvalue weighted by Gasteiger charge is -2.52. The number of ketones is 1. The Hall–Kier alpha value is -1.61. The zero-order valence-corrected chi connectivity index (χ0v) is 17.6. The Morgan fingerprint density at radius 3 is 2.70 bits per heavy atom. The lowest BCUT2D eigenvalue weighted by Crippen LogP contribution is -2.58. The van der Waals surface area contributed by atoms with Crippen molar-refractivity contribution in [3.05, 3.63) is 35.5 Å². The molecule has 0 amide bonds. The SMILES string of the molecule is CCC(CC)CC(=O)C1CN(C)C2Cc3cn(C)c4cccc(c34)C2(C)C1. The van der Waals surface area contributed by atoms with Crippen LogP contribution in [-0.4, -0.2) is 34.9 Å². The Morgan fingerprint density at radius 2 is 2.00 bits per heavy atom. The summed E-state index contributed by atoms with van der Waals surface area (Å²) >= 11 is 0. The number of benzene rings is 1. The molecule has 1 aromatic carbocycles. The minimum atomic E-state index is 0.0507. The molecule has 1 aliphatic heterocycles. The van der Waals surface area contributed by atoms with E-state index in [9.17, 15) is 4.79 Å². The molecule has 1 aliphatic carbocycles. The van der Waals surface area contributed by atoms with Gasteiger partial charge in [0.2, 0.25) is 0 Å². The van der Waals surface area contributed by atoms with Gasteiger partial charge in [0.15, 0.2) is 0 Å². The summed E-state index contributed by atoms with van der Waals surface area (Å²) in [4.78, 5) is 15.6. The highest BCUT2D eigenvalue weighted by Gasteiger charge is 2.49. The summed E-state index contributed by atoms with van der Waals surface area (Å²) in [6, 6.07) is 7.23. The number of fused-ring (bicyclic) bond motifs is 2. The number of rotatable bonds is 5. The van der Waals surface area contributed by atoms with Crippen LogP contribution in [0.5, 0.6) is 0 Å². The van der Waals surface area contributed by atoms with Gasteiger partial charge in [-0.25, -0.2) is 0 Å². The summed E-state index contributed by atoms with van der Waals surface area (Å²) in [6.07, 6.45) is 7.37. The molecule has 2 aliphatic rings. The molecule has 146 valence electrons. The fourth-order valence-corrected chi connectivity index (χ4v) is 5.97. The summed E-state index contributed by atoms with van der Waals surface area (Å²) in [5.41, 5.74) is 4.31. The van der Waals surface area contributed by atoms with Crippen molar-refractivity contribution in [3.63, 3.8) is 0 Å². The van der Waals surface area contributed by atoms with Crippen LogP contribution in [-0.2, 0) is 23.7 Å². The molecule has 0 bridgehead atoms. The van der Waals surface area contributed by atoms with Crippen LogP contribution in [0.4, 0.5) is 0 Å². The van der Waals surface area contributed by atoms with E-state index in [0.717, 1.165) is 38.6 Å². The predicted octanol–water partition coefficient (Wildman–Crippen LogP) is 4.71. The van der Waals surface area contributed by atoms with E-state index in [-0.39, 0.29) is 11.3 Å². The first-order valence-electron chi connectivity index (χ1n) is 10.7. The summed E-state index contributed by atoms with van der Waals surface area (Å²) in [7, 11) is 4.38. The average molecular weight is 367 g/mol. The van der Waals surface area contributed by atoms with E-state index in [1.807, 2.05) is 0 Å². The van der Waals surface area contributed by atoms with Gasteiger partial charge in [-0.1, -0.05) is 45.7 Å². The van der Waals surface area contributed by atoms with E-state index in [0.29, 0.717) is 17.7 Å². The number of nitrogens with zero attached hydrogens (tertiary/aromatic N) is 2. The second kappa shape index (κ2) is 6.77. The van der Waals surface area contributed by atoms with Gasteiger partial charge in [0.25, 0.3) is 0 Å². The fraction of sp³-hybridized carbons (Fsp3) is 0.625. The maximum absolute atomic E-state index is 13.1. The fourth-order valence-electron chi connectivity index (χ4n) is 5.97. The molecule has 0 spiro atoms. The first kappa shape index (κ1) is 18.7. The van der Waals surface area contributed by atoms with Crippen molar-refractivity contribution in [2.75, 3.05) is 13.6 Å². The van der Waals surface area contributed by atoms with Gasteiger partial charge in [-0.3, -0.25) is 4.79 Å². The number of likely N-dealkylation sites (N-methyl/N-ethyl adjacent to an activating group) is 1. The van der Waals surface area contributed by atoms with E-state index in [1.54, 1.807) is 0 Å². The second-order valence-corrected chi connectivity index (χ2v) is 9.30. The number of aromatic nitrogens is 1. The highest BCUT2D eigenvalue weighted by molar-refractivity contribution is 5.90. The molecule has 27 heavy (non-hydrogen) atoms. The van der Waals surface area contributed by atoms with Gasteiger partial charge >= 0.3 is 0 Å². The lowest BCUT2D eigenvalue weighted by atomic mass is 9.61. The standard InChI is InChI=1S/C24H34N2O/c1-6-16(7-2)11-21(27)18-13-24(3)19-9-8-10-20-23(19)17(14-25(20)4)12-22(24)26(5)15-18/h8-10,14,16,18,22H,6-7,11-13,15H2,1-5H3. The summed E-state index contributed by atoms with van der Waals surface area (Å²) in [5, 5.41) is 1.44. The number of carbonyl (C=O) groups excluding carboxylic acids is 1. The highest BCUT2D eigenvalue weighted by Crippen LogP contribution is 2.49. The molecule has 0 N–H and O–H groups in total. The number of aryl methyl sites for hydroxylation is 1. The van der Waals surface area contributed by atoms with Crippen LogP contribution in [0.3, 0.4) is 0 Å². The van der Waals surface area contributed by atoms with E-state index >= 15 is 0 Å². The molecule has 2 heterocycles.